The summed E-state index contributed by atoms with van der Waals surface area (Å²) in [5, 5.41) is 4.72. The standard InChI is InChI=1S/C31H26FN5O3/c32-24-9-5-4-8-23(24)27-17-26(33-30-18-25(34-37(27)30)22-6-2-1-3-7-22)31(38)36-14-12-35(13-15-36)19-21-10-11-28-29(16-21)40-20-39-28/h1-11,16-18H,12-15,19-20H2. The maximum absolute atomic E-state index is 14.9. The molecule has 5 aromatic rings. The zero-order valence-electron chi connectivity index (χ0n) is 21.7. The molecular weight excluding hydrogens is 509 g/mol. The smallest absolute Gasteiger partial charge is 0.272 e. The van der Waals surface area contributed by atoms with Gasteiger partial charge in [0.1, 0.15) is 11.5 Å². The van der Waals surface area contributed by atoms with Crippen LogP contribution in [0.5, 0.6) is 11.5 Å². The van der Waals surface area contributed by atoms with Crippen LogP contribution in [0.3, 0.4) is 0 Å². The van der Waals surface area contributed by atoms with Crippen LogP contribution in [-0.2, 0) is 6.54 Å². The van der Waals surface area contributed by atoms with Crippen molar-refractivity contribution in [2.24, 2.45) is 0 Å². The highest BCUT2D eigenvalue weighted by atomic mass is 19.1. The molecule has 0 radical (unpaired) electrons. The fourth-order valence-corrected chi connectivity index (χ4v) is 5.26. The van der Waals surface area contributed by atoms with E-state index in [1.54, 1.807) is 28.8 Å². The van der Waals surface area contributed by atoms with E-state index in [1.807, 2.05) is 59.5 Å². The maximum Gasteiger partial charge on any atom is 0.272 e. The first-order valence-corrected chi connectivity index (χ1v) is 13.2. The summed E-state index contributed by atoms with van der Waals surface area (Å²) in [4.78, 5) is 22.5. The SMILES string of the molecule is O=C(c1cc(-c2ccccc2F)n2nc(-c3ccccc3)cc2n1)N1CCN(Cc2ccc3c(c2)OCO3)CC1. The molecule has 40 heavy (non-hydrogen) atoms. The summed E-state index contributed by atoms with van der Waals surface area (Å²) in [5.74, 6) is 0.980. The molecule has 0 saturated carbocycles. The van der Waals surface area contributed by atoms with Gasteiger partial charge in [-0.3, -0.25) is 9.69 Å². The molecule has 0 unspecified atom stereocenters. The van der Waals surface area contributed by atoms with Crippen molar-refractivity contribution in [1.29, 1.82) is 0 Å². The maximum atomic E-state index is 14.9. The summed E-state index contributed by atoms with van der Waals surface area (Å²) in [7, 11) is 0. The monoisotopic (exact) mass is 535 g/mol. The van der Waals surface area contributed by atoms with E-state index < -0.39 is 0 Å². The summed E-state index contributed by atoms with van der Waals surface area (Å²) in [5.41, 5.74) is 4.36. The molecule has 0 aliphatic carbocycles. The molecule has 1 saturated heterocycles. The number of nitrogens with zero attached hydrogens (tertiary/aromatic N) is 5. The van der Waals surface area contributed by atoms with Gasteiger partial charge in [0.2, 0.25) is 6.79 Å². The van der Waals surface area contributed by atoms with Crippen LogP contribution < -0.4 is 9.47 Å². The highest BCUT2D eigenvalue weighted by molar-refractivity contribution is 5.94. The molecule has 2 aliphatic heterocycles. The third kappa shape index (κ3) is 4.54. The van der Waals surface area contributed by atoms with Gasteiger partial charge < -0.3 is 14.4 Å². The van der Waals surface area contributed by atoms with Gasteiger partial charge in [0.25, 0.3) is 5.91 Å². The number of halogens is 1. The first-order valence-electron chi connectivity index (χ1n) is 13.2. The molecule has 7 rings (SSSR count). The molecule has 0 bridgehead atoms. The van der Waals surface area contributed by atoms with E-state index in [1.165, 1.54) is 6.07 Å². The minimum atomic E-state index is -0.387. The summed E-state index contributed by atoms with van der Waals surface area (Å²) in [6.45, 7) is 3.61. The van der Waals surface area contributed by atoms with E-state index in [9.17, 15) is 9.18 Å². The van der Waals surface area contributed by atoms with Crippen molar-refractivity contribution < 1.29 is 18.7 Å². The average molecular weight is 536 g/mol. The van der Waals surface area contributed by atoms with Crippen molar-refractivity contribution in [3.05, 3.63) is 102 Å². The Balaban J connectivity index is 1.15. The predicted molar refractivity (Wildman–Crippen MR) is 148 cm³/mol. The van der Waals surface area contributed by atoms with Crippen LogP contribution in [0.1, 0.15) is 16.1 Å². The van der Waals surface area contributed by atoms with Crippen LogP contribution >= 0.6 is 0 Å². The fraction of sp³-hybridized carbons (Fsp3) is 0.194. The van der Waals surface area contributed by atoms with Gasteiger partial charge >= 0.3 is 0 Å². The first kappa shape index (κ1) is 24.3. The quantitative estimate of drug-likeness (QED) is 0.319. The molecule has 3 aromatic carbocycles. The minimum Gasteiger partial charge on any atom is -0.454 e. The molecule has 2 aliphatic rings. The van der Waals surface area contributed by atoms with Gasteiger partial charge in [-0.05, 0) is 35.9 Å². The summed E-state index contributed by atoms with van der Waals surface area (Å²) in [6.07, 6.45) is 0. The van der Waals surface area contributed by atoms with Gasteiger partial charge in [-0.2, -0.15) is 5.10 Å². The molecule has 0 spiro atoms. The van der Waals surface area contributed by atoms with Gasteiger partial charge in [0.05, 0.1) is 11.4 Å². The average Bonchev–Trinajstić information content (AvgIpc) is 3.64. The van der Waals surface area contributed by atoms with E-state index in [0.717, 1.165) is 42.3 Å². The highest BCUT2D eigenvalue weighted by Crippen LogP contribution is 2.33. The molecule has 0 N–H and O–H groups in total. The van der Waals surface area contributed by atoms with Crippen LogP contribution in [0.15, 0.2) is 84.9 Å². The molecule has 2 aromatic heterocycles. The Bertz CT molecular complexity index is 1710. The third-order valence-corrected chi connectivity index (χ3v) is 7.37. The zero-order chi connectivity index (χ0) is 27.1. The lowest BCUT2D eigenvalue weighted by molar-refractivity contribution is 0.0623. The second-order valence-electron chi connectivity index (χ2n) is 9.93. The van der Waals surface area contributed by atoms with Crippen molar-refractivity contribution in [3.8, 4) is 34.0 Å². The van der Waals surface area contributed by atoms with Gasteiger partial charge in [0.15, 0.2) is 17.1 Å². The molecular formula is C31H26FN5O3. The Morgan fingerprint density at radius 3 is 2.45 bits per heavy atom. The topological polar surface area (TPSA) is 72.2 Å². The van der Waals surface area contributed by atoms with E-state index in [2.05, 4.69) is 9.88 Å². The largest absolute Gasteiger partial charge is 0.454 e. The van der Waals surface area contributed by atoms with Gasteiger partial charge in [-0.25, -0.2) is 13.9 Å². The molecule has 1 fully saturated rings. The van der Waals surface area contributed by atoms with Gasteiger partial charge in [-0.1, -0.05) is 48.5 Å². The molecule has 200 valence electrons. The lowest BCUT2D eigenvalue weighted by Crippen LogP contribution is -2.48. The van der Waals surface area contributed by atoms with Crippen molar-refractivity contribution in [2.45, 2.75) is 6.54 Å². The number of ether oxygens (including phenoxy) is 2. The number of fused-ring (bicyclic) bond motifs is 2. The number of benzene rings is 3. The first-order chi connectivity index (χ1) is 19.6. The molecule has 0 atom stereocenters. The number of hydrogen-bond acceptors (Lipinski definition) is 6. The number of amides is 1. The van der Waals surface area contributed by atoms with Crippen molar-refractivity contribution in [2.75, 3.05) is 33.0 Å². The lowest BCUT2D eigenvalue weighted by atomic mass is 10.1. The van der Waals surface area contributed by atoms with E-state index in [0.29, 0.717) is 35.7 Å². The van der Waals surface area contributed by atoms with E-state index >= 15 is 0 Å². The Kier molecular flexibility index (Phi) is 6.13. The Labute approximate surface area is 230 Å². The fourth-order valence-electron chi connectivity index (χ4n) is 5.26. The number of hydrogen-bond donors (Lipinski definition) is 0. The van der Waals surface area contributed by atoms with Crippen molar-refractivity contribution in [3.63, 3.8) is 0 Å². The second-order valence-corrected chi connectivity index (χ2v) is 9.93. The van der Waals surface area contributed by atoms with Crippen LogP contribution in [0.2, 0.25) is 0 Å². The van der Waals surface area contributed by atoms with E-state index in [-0.39, 0.29) is 24.2 Å². The Morgan fingerprint density at radius 2 is 1.62 bits per heavy atom. The molecule has 1 amide bonds. The Hall–Kier alpha value is -4.76. The molecule has 9 heteroatoms. The van der Waals surface area contributed by atoms with Crippen LogP contribution in [0.4, 0.5) is 4.39 Å². The number of piperazine rings is 1. The second kappa shape index (κ2) is 10.1. The minimum absolute atomic E-state index is 0.176. The van der Waals surface area contributed by atoms with Crippen LogP contribution in [0, 0.1) is 5.82 Å². The summed E-state index contributed by atoms with van der Waals surface area (Å²) >= 11 is 0. The third-order valence-electron chi connectivity index (χ3n) is 7.37. The van der Waals surface area contributed by atoms with Gasteiger partial charge in [-0.15, -0.1) is 0 Å². The Morgan fingerprint density at radius 1 is 0.850 bits per heavy atom. The molecule has 4 heterocycles. The van der Waals surface area contributed by atoms with E-state index in [4.69, 9.17) is 14.6 Å². The zero-order valence-corrected chi connectivity index (χ0v) is 21.7. The lowest BCUT2D eigenvalue weighted by Gasteiger charge is -2.34. The highest BCUT2D eigenvalue weighted by Gasteiger charge is 2.26. The van der Waals surface area contributed by atoms with Crippen LogP contribution in [0.25, 0.3) is 28.2 Å². The summed E-state index contributed by atoms with van der Waals surface area (Å²) < 4.78 is 27.5. The number of aromatic nitrogens is 3. The predicted octanol–water partition coefficient (Wildman–Crippen LogP) is 4.89. The van der Waals surface area contributed by atoms with Crippen molar-refractivity contribution >= 4 is 11.6 Å². The number of rotatable bonds is 5. The number of carbonyl (C=O) groups is 1. The van der Waals surface area contributed by atoms with Crippen LogP contribution in [-0.4, -0.2) is 63.3 Å². The van der Waals surface area contributed by atoms with Crippen molar-refractivity contribution in [1.82, 2.24) is 24.4 Å². The number of carbonyl (C=O) groups excluding carboxylic acids is 1. The summed E-state index contributed by atoms with van der Waals surface area (Å²) in [6, 6.07) is 25.7. The molecule has 8 nitrogen and oxygen atoms in total. The normalized spacial score (nSPS) is 15.1. The van der Waals surface area contributed by atoms with Gasteiger partial charge in [0, 0.05) is 49.9 Å².